The molecular weight excluding hydrogens is 713 g/mol. The van der Waals surface area contributed by atoms with Crippen LogP contribution in [0.1, 0.15) is 112 Å². The van der Waals surface area contributed by atoms with E-state index in [2.05, 4.69) is 217 Å². The zero-order valence-electron chi connectivity index (χ0n) is 36.9. The van der Waals surface area contributed by atoms with Crippen LogP contribution in [0.25, 0.3) is 0 Å². The summed E-state index contributed by atoms with van der Waals surface area (Å²) >= 11 is 0. The van der Waals surface area contributed by atoms with Gasteiger partial charge in [0.2, 0.25) is 0 Å². The van der Waals surface area contributed by atoms with Crippen molar-refractivity contribution in [1.29, 1.82) is 0 Å². The number of rotatable bonds is 3. The van der Waals surface area contributed by atoms with Crippen LogP contribution in [0, 0.1) is 5.41 Å². The van der Waals surface area contributed by atoms with Crippen molar-refractivity contribution in [3.05, 3.63) is 150 Å². The van der Waals surface area contributed by atoms with Crippen LogP contribution in [0.5, 0.6) is 0 Å². The van der Waals surface area contributed by atoms with Gasteiger partial charge in [0.15, 0.2) is 0 Å². The Morgan fingerprint density at radius 3 is 1.76 bits per heavy atom. The lowest BCUT2D eigenvalue weighted by atomic mass is 9.33. The Morgan fingerprint density at radius 1 is 0.475 bits per heavy atom. The number of nitrogens with zero attached hydrogens (tertiary/aromatic N) is 3. The van der Waals surface area contributed by atoms with Crippen molar-refractivity contribution < 1.29 is 0 Å². The van der Waals surface area contributed by atoms with Gasteiger partial charge >= 0.3 is 0 Å². The molecule has 2 atom stereocenters. The van der Waals surface area contributed by atoms with Gasteiger partial charge in [0.1, 0.15) is 0 Å². The van der Waals surface area contributed by atoms with E-state index in [1.807, 2.05) is 0 Å². The smallest absolute Gasteiger partial charge is 0.252 e. The third-order valence-corrected chi connectivity index (χ3v) is 15.5. The molecule has 3 aliphatic heterocycles. The van der Waals surface area contributed by atoms with E-state index >= 15 is 0 Å². The lowest BCUT2D eigenvalue weighted by Gasteiger charge is -2.66. The molecular formula is C55H60BN3. The molecule has 0 saturated heterocycles. The predicted molar refractivity (Wildman–Crippen MR) is 254 cm³/mol. The predicted octanol–water partition coefficient (Wildman–Crippen LogP) is 13.1. The molecule has 10 rings (SSSR count). The second-order valence-electron chi connectivity index (χ2n) is 21.0. The fourth-order valence-corrected chi connectivity index (χ4v) is 11.8. The molecule has 298 valence electrons. The Hall–Kier alpha value is -5.22. The average Bonchev–Trinajstić information content (AvgIpc) is 3.21. The number of para-hydroxylation sites is 3. The van der Waals surface area contributed by atoms with Crippen molar-refractivity contribution in [2.24, 2.45) is 5.41 Å². The fourth-order valence-electron chi connectivity index (χ4n) is 11.8. The summed E-state index contributed by atoms with van der Waals surface area (Å²) in [5, 5.41) is 0. The van der Waals surface area contributed by atoms with E-state index < -0.39 is 0 Å². The van der Waals surface area contributed by atoms with Gasteiger partial charge in [0.05, 0.1) is 0 Å². The SMILES string of the molecule is CC(C)(C)c1cccc(N2c3cc(C(C)(C)C)ccc3B3c4ccccc4N(c4ccccc4)c4cc(N5c6ccccc6C(C)(C)C6(C)CCCCC56C)cc2c43)c1. The first kappa shape index (κ1) is 38.0. The van der Waals surface area contributed by atoms with Crippen LogP contribution >= 0.6 is 0 Å². The maximum absolute atomic E-state index is 2.81. The van der Waals surface area contributed by atoms with Crippen molar-refractivity contribution in [1.82, 2.24) is 0 Å². The number of hydrogen-bond donors (Lipinski definition) is 0. The minimum absolute atomic E-state index is 0.000421. The Kier molecular flexibility index (Phi) is 8.31. The number of fused-ring (bicyclic) bond motifs is 6. The van der Waals surface area contributed by atoms with Crippen LogP contribution in [0.3, 0.4) is 0 Å². The Morgan fingerprint density at radius 2 is 1.05 bits per heavy atom. The van der Waals surface area contributed by atoms with Gasteiger partial charge in [-0.25, -0.2) is 0 Å². The standard InChI is InChI=1S/C55H60BN3/c1-51(2,3)37-21-20-24-40(33-37)58-47-34-38(52(4,5)6)29-30-44(47)56-43-26-15-17-28-46(43)57(39-22-12-11-13-23-39)48-35-41(36-49(58)50(48)56)59-45-27-16-14-25-42(45)53(7,8)54(9)31-18-19-32-55(54,59)10/h11-17,20-30,33-36H,18-19,31-32H2,1-10H3. The summed E-state index contributed by atoms with van der Waals surface area (Å²) in [5.41, 5.74) is 18.2. The van der Waals surface area contributed by atoms with E-state index in [0.29, 0.717) is 0 Å². The molecule has 2 unspecified atom stereocenters. The number of anilines is 8. The normalized spacial score (nSPS) is 21.6. The van der Waals surface area contributed by atoms with E-state index in [4.69, 9.17) is 0 Å². The molecule has 1 fully saturated rings. The van der Waals surface area contributed by atoms with Crippen molar-refractivity contribution >= 4 is 68.6 Å². The summed E-state index contributed by atoms with van der Waals surface area (Å²) in [6, 6.07) is 51.5. The van der Waals surface area contributed by atoms with Gasteiger partial charge < -0.3 is 14.7 Å². The molecule has 6 aromatic rings. The van der Waals surface area contributed by atoms with Crippen LogP contribution < -0.4 is 31.1 Å². The summed E-state index contributed by atoms with van der Waals surface area (Å²) in [7, 11) is 0. The fraction of sp³-hybridized carbons (Fsp3) is 0.345. The first-order valence-electron chi connectivity index (χ1n) is 22.1. The lowest BCUT2D eigenvalue weighted by Crippen LogP contribution is -2.67. The third kappa shape index (κ3) is 5.40. The van der Waals surface area contributed by atoms with Gasteiger partial charge in [-0.1, -0.05) is 154 Å². The first-order chi connectivity index (χ1) is 28.0. The lowest BCUT2D eigenvalue weighted by molar-refractivity contribution is 0.0106. The topological polar surface area (TPSA) is 9.72 Å². The Bertz CT molecular complexity index is 2630. The summed E-state index contributed by atoms with van der Waals surface area (Å²) in [5.74, 6) is 0. The zero-order chi connectivity index (χ0) is 41.3. The third-order valence-electron chi connectivity index (χ3n) is 15.5. The second-order valence-corrected chi connectivity index (χ2v) is 21.0. The summed E-state index contributed by atoms with van der Waals surface area (Å²) in [6.07, 6.45) is 4.86. The largest absolute Gasteiger partial charge is 0.335 e. The van der Waals surface area contributed by atoms with E-state index in [-0.39, 0.29) is 33.9 Å². The molecule has 0 amide bonds. The number of benzene rings is 6. The highest BCUT2D eigenvalue weighted by Crippen LogP contribution is 2.65. The Balaban J connectivity index is 1.35. The molecule has 6 aromatic carbocycles. The molecule has 4 heteroatoms. The van der Waals surface area contributed by atoms with Crippen LogP contribution in [0.2, 0.25) is 0 Å². The van der Waals surface area contributed by atoms with Crippen molar-refractivity contribution in [2.75, 3.05) is 14.7 Å². The average molecular weight is 774 g/mol. The molecule has 1 aliphatic carbocycles. The van der Waals surface area contributed by atoms with Crippen molar-refractivity contribution in [2.45, 2.75) is 117 Å². The van der Waals surface area contributed by atoms with Gasteiger partial charge in [-0.3, -0.25) is 0 Å². The second kappa shape index (κ2) is 12.9. The highest BCUT2D eigenvalue weighted by Gasteiger charge is 2.62. The summed E-state index contributed by atoms with van der Waals surface area (Å²) < 4.78 is 0. The van der Waals surface area contributed by atoms with Crippen molar-refractivity contribution in [3.8, 4) is 0 Å². The molecule has 1 saturated carbocycles. The highest BCUT2D eigenvalue weighted by atomic mass is 15.3. The molecule has 0 radical (unpaired) electrons. The zero-order valence-corrected chi connectivity index (χ0v) is 36.9. The van der Waals surface area contributed by atoms with Crippen LogP contribution in [-0.2, 0) is 16.2 Å². The maximum Gasteiger partial charge on any atom is 0.252 e. The molecule has 0 N–H and O–H groups in total. The molecule has 59 heavy (non-hydrogen) atoms. The minimum Gasteiger partial charge on any atom is -0.335 e. The minimum atomic E-state index is -0.115. The summed E-state index contributed by atoms with van der Waals surface area (Å²) in [6.45, 7) is 24.3. The summed E-state index contributed by atoms with van der Waals surface area (Å²) in [4.78, 5) is 8.01. The highest BCUT2D eigenvalue weighted by molar-refractivity contribution is 7.00. The van der Waals surface area contributed by atoms with Crippen LogP contribution in [0.15, 0.2) is 133 Å². The Labute approximate surface area is 354 Å². The molecule has 0 spiro atoms. The molecule has 4 aliphatic rings. The van der Waals surface area contributed by atoms with Gasteiger partial charge in [0, 0.05) is 56.5 Å². The van der Waals surface area contributed by atoms with Gasteiger partial charge in [-0.15, -0.1) is 0 Å². The van der Waals surface area contributed by atoms with E-state index in [0.717, 1.165) is 6.42 Å². The molecule has 0 aromatic heterocycles. The van der Waals surface area contributed by atoms with Gasteiger partial charge in [0.25, 0.3) is 6.71 Å². The van der Waals surface area contributed by atoms with Crippen LogP contribution in [0.4, 0.5) is 45.5 Å². The van der Waals surface area contributed by atoms with E-state index in [9.17, 15) is 0 Å². The molecule has 3 heterocycles. The maximum atomic E-state index is 2.81. The van der Waals surface area contributed by atoms with E-state index in [1.54, 1.807) is 0 Å². The first-order valence-corrected chi connectivity index (χ1v) is 22.1. The van der Waals surface area contributed by atoms with E-state index in [1.165, 1.54) is 97.8 Å². The number of hydrogen-bond acceptors (Lipinski definition) is 3. The molecule has 3 nitrogen and oxygen atoms in total. The van der Waals surface area contributed by atoms with Crippen molar-refractivity contribution in [3.63, 3.8) is 0 Å². The van der Waals surface area contributed by atoms with Crippen LogP contribution in [-0.4, -0.2) is 12.3 Å². The van der Waals surface area contributed by atoms with Gasteiger partial charge in [-0.2, -0.15) is 0 Å². The quantitative estimate of drug-likeness (QED) is 0.166. The monoisotopic (exact) mass is 773 g/mol. The molecule has 0 bridgehead atoms. The van der Waals surface area contributed by atoms with Gasteiger partial charge in [-0.05, 0) is 124 Å².